The third kappa shape index (κ3) is 3.42. The number of aromatic nitrogens is 1. The minimum absolute atomic E-state index is 0.0277. The van der Waals surface area contributed by atoms with Crippen molar-refractivity contribution in [3.63, 3.8) is 0 Å². The van der Waals surface area contributed by atoms with Crippen LogP contribution in [0.3, 0.4) is 0 Å². The minimum atomic E-state index is -1.62. The molecule has 0 spiro atoms. The minimum Gasteiger partial charge on any atom is -0.375 e. The molecule has 0 fully saturated rings. The van der Waals surface area contributed by atoms with E-state index in [9.17, 15) is 18.0 Å². The predicted molar refractivity (Wildman–Crippen MR) is 72.2 cm³/mol. The summed E-state index contributed by atoms with van der Waals surface area (Å²) < 4.78 is 39.7. The number of carbonyl (C=O) groups excluding carboxylic acids is 1. The number of benzene rings is 1. The Morgan fingerprint density at radius 3 is 2.75 bits per heavy atom. The number of halogens is 3. The van der Waals surface area contributed by atoms with E-state index in [2.05, 4.69) is 10.3 Å². The number of anilines is 2. The molecule has 2 aromatic rings. The SMILES string of the molecule is Nc1ncc(SCC(=O)Nc2ccc(F)c(F)c2F)s1. The number of thioether (sulfide) groups is 1. The molecular weight excluding hydrogens is 311 g/mol. The zero-order chi connectivity index (χ0) is 14.7. The smallest absolute Gasteiger partial charge is 0.234 e. The molecule has 0 atom stereocenters. The normalized spacial score (nSPS) is 10.6. The highest BCUT2D eigenvalue weighted by molar-refractivity contribution is 8.01. The van der Waals surface area contributed by atoms with Gasteiger partial charge in [-0.3, -0.25) is 4.79 Å². The zero-order valence-corrected chi connectivity index (χ0v) is 11.5. The molecule has 9 heteroatoms. The molecule has 0 aliphatic carbocycles. The zero-order valence-electron chi connectivity index (χ0n) is 9.82. The van der Waals surface area contributed by atoms with E-state index >= 15 is 0 Å². The Kier molecular flexibility index (Phi) is 4.50. The summed E-state index contributed by atoms with van der Waals surface area (Å²) in [7, 11) is 0. The summed E-state index contributed by atoms with van der Waals surface area (Å²) in [5.41, 5.74) is 5.02. The molecule has 0 saturated carbocycles. The summed E-state index contributed by atoms with van der Waals surface area (Å²) >= 11 is 2.37. The van der Waals surface area contributed by atoms with Crippen molar-refractivity contribution in [3.05, 3.63) is 35.8 Å². The van der Waals surface area contributed by atoms with Crippen LogP contribution in [0.5, 0.6) is 0 Å². The number of nitrogens with two attached hydrogens (primary N) is 1. The molecule has 3 N–H and O–H groups in total. The Balaban J connectivity index is 1.96. The lowest BCUT2D eigenvalue weighted by Gasteiger charge is -2.06. The van der Waals surface area contributed by atoms with Gasteiger partial charge in [0.2, 0.25) is 5.91 Å². The maximum absolute atomic E-state index is 13.3. The van der Waals surface area contributed by atoms with Crippen LogP contribution < -0.4 is 11.1 Å². The Labute approximate surface area is 120 Å². The molecule has 0 radical (unpaired) electrons. The fraction of sp³-hybridized carbons (Fsp3) is 0.0909. The summed E-state index contributed by atoms with van der Waals surface area (Å²) in [6.07, 6.45) is 1.51. The quantitative estimate of drug-likeness (QED) is 0.672. The van der Waals surface area contributed by atoms with Crippen LogP contribution >= 0.6 is 23.1 Å². The Bertz CT molecular complexity index is 648. The van der Waals surface area contributed by atoms with Crippen molar-refractivity contribution in [2.45, 2.75) is 4.21 Å². The summed E-state index contributed by atoms with van der Waals surface area (Å²) in [6, 6.07) is 1.70. The third-order valence-electron chi connectivity index (χ3n) is 2.16. The number of carbonyl (C=O) groups is 1. The first-order valence-corrected chi connectivity index (χ1v) is 7.05. The summed E-state index contributed by atoms with van der Waals surface area (Å²) in [5, 5.41) is 2.54. The average molecular weight is 319 g/mol. The van der Waals surface area contributed by atoms with Gasteiger partial charge in [-0.2, -0.15) is 0 Å². The van der Waals surface area contributed by atoms with E-state index < -0.39 is 29.0 Å². The summed E-state index contributed by atoms with van der Waals surface area (Å²) in [6.45, 7) is 0. The Morgan fingerprint density at radius 2 is 2.10 bits per heavy atom. The van der Waals surface area contributed by atoms with Crippen molar-refractivity contribution < 1.29 is 18.0 Å². The standard InChI is InChI=1S/C11H8F3N3OS2/c12-5-1-2-6(10(14)9(5)13)17-7(18)4-19-8-3-16-11(15)20-8/h1-3H,4H2,(H2,15,16)(H,17,18). The van der Waals surface area contributed by atoms with Gasteiger partial charge in [0.05, 0.1) is 21.8 Å². The van der Waals surface area contributed by atoms with E-state index in [1.54, 1.807) is 0 Å². The van der Waals surface area contributed by atoms with Crippen LogP contribution in [0.4, 0.5) is 24.0 Å². The number of nitrogen functional groups attached to an aromatic ring is 1. The van der Waals surface area contributed by atoms with E-state index in [0.717, 1.165) is 28.1 Å². The molecule has 106 valence electrons. The van der Waals surface area contributed by atoms with Crippen molar-refractivity contribution in [1.29, 1.82) is 0 Å². The largest absolute Gasteiger partial charge is 0.375 e. The second-order valence-electron chi connectivity index (χ2n) is 3.58. The first-order chi connectivity index (χ1) is 9.47. The molecule has 1 heterocycles. The highest BCUT2D eigenvalue weighted by atomic mass is 32.2. The Morgan fingerprint density at radius 1 is 1.35 bits per heavy atom. The van der Waals surface area contributed by atoms with Crippen LogP contribution in [-0.2, 0) is 4.79 Å². The summed E-state index contributed by atoms with van der Waals surface area (Å²) in [4.78, 5) is 15.4. The molecule has 0 aliphatic heterocycles. The van der Waals surface area contributed by atoms with E-state index in [-0.39, 0.29) is 5.75 Å². The number of nitrogens with zero attached hydrogens (tertiary/aromatic N) is 1. The molecular formula is C11H8F3N3OS2. The first-order valence-electron chi connectivity index (χ1n) is 5.25. The fourth-order valence-electron chi connectivity index (χ4n) is 1.28. The lowest BCUT2D eigenvalue weighted by atomic mass is 10.3. The van der Waals surface area contributed by atoms with Gasteiger partial charge >= 0.3 is 0 Å². The number of amides is 1. The lowest BCUT2D eigenvalue weighted by Crippen LogP contribution is -2.15. The van der Waals surface area contributed by atoms with E-state index in [0.29, 0.717) is 5.13 Å². The second kappa shape index (κ2) is 6.14. The van der Waals surface area contributed by atoms with Crippen LogP contribution in [0.25, 0.3) is 0 Å². The van der Waals surface area contributed by atoms with Crippen LogP contribution in [-0.4, -0.2) is 16.6 Å². The molecule has 0 aliphatic rings. The molecule has 1 amide bonds. The van der Waals surface area contributed by atoms with Crippen molar-refractivity contribution in [2.75, 3.05) is 16.8 Å². The Hall–Kier alpha value is -1.74. The van der Waals surface area contributed by atoms with E-state index in [4.69, 9.17) is 5.73 Å². The van der Waals surface area contributed by atoms with Gasteiger partial charge in [0.15, 0.2) is 22.6 Å². The molecule has 20 heavy (non-hydrogen) atoms. The maximum Gasteiger partial charge on any atom is 0.234 e. The van der Waals surface area contributed by atoms with Crippen LogP contribution in [0.15, 0.2) is 22.5 Å². The molecule has 2 rings (SSSR count). The highest BCUT2D eigenvalue weighted by Gasteiger charge is 2.15. The number of hydrogen-bond acceptors (Lipinski definition) is 5. The van der Waals surface area contributed by atoms with Gasteiger partial charge < -0.3 is 11.1 Å². The fourth-order valence-corrected chi connectivity index (χ4v) is 2.84. The van der Waals surface area contributed by atoms with Crippen molar-refractivity contribution in [1.82, 2.24) is 4.98 Å². The molecule has 1 aromatic carbocycles. The van der Waals surface area contributed by atoms with E-state index in [1.807, 2.05) is 0 Å². The number of nitrogens with one attached hydrogen (secondary N) is 1. The average Bonchev–Trinajstić information content (AvgIpc) is 2.83. The van der Waals surface area contributed by atoms with Gasteiger partial charge in [-0.1, -0.05) is 11.3 Å². The van der Waals surface area contributed by atoms with E-state index in [1.165, 1.54) is 17.5 Å². The van der Waals surface area contributed by atoms with Gasteiger partial charge in [0, 0.05) is 0 Å². The number of thiazole rings is 1. The molecule has 1 aromatic heterocycles. The van der Waals surface area contributed by atoms with Gasteiger partial charge in [-0.25, -0.2) is 18.2 Å². The van der Waals surface area contributed by atoms with Gasteiger partial charge in [-0.15, -0.1) is 11.8 Å². The van der Waals surface area contributed by atoms with Crippen LogP contribution in [0.2, 0.25) is 0 Å². The summed E-state index contributed by atoms with van der Waals surface area (Å²) in [5.74, 6) is -4.93. The van der Waals surface area contributed by atoms with Gasteiger partial charge in [0.25, 0.3) is 0 Å². The van der Waals surface area contributed by atoms with Crippen molar-refractivity contribution in [3.8, 4) is 0 Å². The van der Waals surface area contributed by atoms with Gasteiger partial charge in [0.1, 0.15) is 0 Å². The monoisotopic (exact) mass is 319 g/mol. The first kappa shape index (κ1) is 14.7. The predicted octanol–water partition coefficient (Wildman–Crippen LogP) is 2.87. The van der Waals surface area contributed by atoms with Crippen LogP contribution in [0, 0.1) is 17.5 Å². The third-order valence-corrected chi connectivity index (χ3v) is 4.18. The lowest BCUT2D eigenvalue weighted by molar-refractivity contribution is -0.113. The molecule has 0 bridgehead atoms. The van der Waals surface area contributed by atoms with Crippen LogP contribution in [0.1, 0.15) is 0 Å². The number of hydrogen-bond donors (Lipinski definition) is 2. The van der Waals surface area contributed by atoms with Crippen molar-refractivity contribution in [2.24, 2.45) is 0 Å². The second-order valence-corrected chi connectivity index (χ2v) is 5.92. The topological polar surface area (TPSA) is 68.0 Å². The number of rotatable bonds is 4. The molecule has 0 unspecified atom stereocenters. The molecule has 0 saturated heterocycles. The van der Waals surface area contributed by atoms with Crippen molar-refractivity contribution >= 4 is 39.8 Å². The van der Waals surface area contributed by atoms with Gasteiger partial charge in [-0.05, 0) is 12.1 Å². The molecule has 4 nitrogen and oxygen atoms in total. The maximum atomic E-state index is 13.3. The highest BCUT2D eigenvalue weighted by Crippen LogP contribution is 2.26.